The number of halogens is 2. The van der Waals surface area contributed by atoms with Gasteiger partial charge >= 0.3 is 59.2 Å². The Morgan fingerprint density at radius 1 is 1.43 bits per heavy atom. The molecule has 0 spiro atoms. The Kier molecular flexibility index (Phi) is 1.88. The molecular formula is C5H9I2-. The van der Waals surface area contributed by atoms with Crippen LogP contribution in [-0.2, 0) is 0 Å². The van der Waals surface area contributed by atoms with Gasteiger partial charge in [0.1, 0.15) is 0 Å². The van der Waals surface area contributed by atoms with Crippen LogP contribution < -0.4 is 18.4 Å². The molecule has 0 aromatic heterocycles. The summed E-state index contributed by atoms with van der Waals surface area (Å²) in [6, 6.07) is 0. The van der Waals surface area contributed by atoms with Gasteiger partial charge in [-0.3, -0.25) is 0 Å². The van der Waals surface area contributed by atoms with Crippen LogP contribution in [0.2, 0.25) is 0 Å². The van der Waals surface area contributed by atoms with Crippen molar-refractivity contribution in [2.24, 2.45) is 0 Å². The summed E-state index contributed by atoms with van der Waals surface area (Å²) in [6.45, 7) is 0. The Morgan fingerprint density at radius 3 is 2.29 bits per heavy atom. The zero-order valence-electron chi connectivity index (χ0n) is 4.49. The molecule has 0 aromatic carbocycles. The van der Waals surface area contributed by atoms with E-state index in [0.717, 1.165) is 0 Å². The minimum absolute atomic E-state index is 0.427. The maximum atomic E-state index is 2.60. The van der Waals surface area contributed by atoms with Gasteiger partial charge in [-0.1, -0.05) is 0 Å². The van der Waals surface area contributed by atoms with Crippen molar-refractivity contribution in [1.82, 2.24) is 0 Å². The summed E-state index contributed by atoms with van der Waals surface area (Å²) in [5.41, 5.74) is 0. The Balaban J connectivity index is 2.77. The second-order valence-corrected chi connectivity index (χ2v) is 15.5. The van der Waals surface area contributed by atoms with Crippen LogP contribution in [-0.4, -0.2) is 11.9 Å². The molecule has 0 aromatic rings. The van der Waals surface area contributed by atoms with Gasteiger partial charge in [0, 0.05) is 0 Å². The Labute approximate surface area is 58.6 Å². The van der Waals surface area contributed by atoms with Crippen LogP contribution in [0.5, 0.6) is 0 Å². The predicted octanol–water partition coefficient (Wildman–Crippen LogP) is -1.38. The first-order chi connectivity index (χ1) is 3.21. The molecule has 1 heterocycles. The van der Waals surface area contributed by atoms with E-state index in [1.54, 1.807) is 0 Å². The van der Waals surface area contributed by atoms with Gasteiger partial charge in [0.2, 0.25) is 0 Å². The average molecular weight is 323 g/mol. The molecule has 0 aliphatic carbocycles. The van der Waals surface area contributed by atoms with Gasteiger partial charge in [0.25, 0.3) is 0 Å². The fraction of sp³-hybridized carbons (Fsp3) is 0.400. The molecule has 1 rings (SSSR count). The fourth-order valence-electron chi connectivity index (χ4n) is 0.328. The Morgan fingerprint density at radius 2 is 2.14 bits per heavy atom. The van der Waals surface area contributed by atoms with E-state index >= 15 is 0 Å². The van der Waals surface area contributed by atoms with Crippen LogP contribution in [0.1, 0.15) is 0 Å². The van der Waals surface area contributed by atoms with Gasteiger partial charge in [-0.05, 0) is 0 Å². The molecule has 0 radical (unpaired) electrons. The summed E-state index contributed by atoms with van der Waals surface area (Å²) < 4.78 is 7.47. The SMILES string of the molecule is C[I-]1(C)C=CI=C1. The summed E-state index contributed by atoms with van der Waals surface area (Å²) in [5, 5.41) is 0. The van der Waals surface area contributed by atoms with Crippen molar-refractivity contribution in [2.45, 2.75) is 0 Å². The van der Waals surface area contributed by atoms with Gasteiger partial charge in [0.15, 0.2) is 0 Å². The molecule has 0 amide bonds. The van der Waals surface area contributed by atoms with E-state index in [4.69, 9.17) is 0 Å². The van der Waals surface area contributed by atoms with E-state index < -0.39 is 18.4 Å². The van der Waals surface area contributed by atoms with Crippen molar-refractivity contribution in [3.05, 3.63) is 8.17 Å². The van der Waals surface area contributed by atoms with Gasteiger partial charge < -0.3 is 0 Å². The summed E-state index contributed by atoms with van der Waals surface area (Å²) in [4.78, 5) is 4.85. The summed E-state index contributed by atoms with van der Waals surface area (Å²) in [6.07, 6.45) is 0. The standard InChI is InChI=1S/C5H9I2/c1-7(2)4-3-6-5-7/h3-5H,1-2H3/q-1. The number of rotatable bonds is 0. The molecule has 44 valence electrons. The van der Waals surface area contributed by atoms with Crippen LogP contribution in [0, 0.1) is 0 Å². The monoisotopic (exact) mass is 323 g/mol. The summed E-state index contributed by atoms with van der Waals surface area (Å²) in [7, 11) is 0. The van der Waals surface area contributed by atoms with Gasteiger partial charge in [-0.15, -0.1) is 0 Å². The summed E-state index contributed by atoms with van der Waals surface area (Å²) >= 11 is -0.735. The first-order valence-corrected chi connectivity index (χ1v) is 11.3. The third-order valence-electron chi connectivity index (χ3n) is 0.705. The second-order valence-electron chi connectivity index (χ2n) is 1.84. The van der Waals surface area contributed by atoms with E-state index in [0.29, 0.717) is 20.7 Å². The Hall–Kier alpha value is 1.07. The minimum atomic E-state index is -1.16. The quantitative estimate of drug-likeness (QED) is 0.381. The van der Waals surface area contributed by atoms with E-state index in [9.17, 15) is 0 Å². The molecule has 0 saturated carbocycles. The van der Waals surface area contributed by atoms with Crippen LogP contribution in [0.25, 0.3) is 0 Å². The van der Waals surface area contributed by atoms with Gasteiger partial charge in [-0.25, -0.2) is 0 Å². The van der Waals surface area contributed by atoms with Crippen molar-refractivity contribution < 1.29 is 18.4 Å². The van der Waals surface area contributed by atoms with E-state index in [2.05, 4.69) is 20.0 Å². The molecule has 1 aliphatic heterocycles. The van der Waals surface area contributed by atoms with E-state index in [-0.39, 0.29) is 0 Å². The molecule has 1 aliphatic rings. The number of hydrogen-bond acceptors (Lipinski definition) is 0. The molecule has 7 heavy (non-hydrogen) atoms. The molecule has 0 nitrogen and oxygen atoms in total. The first-order valence-electron chi connectivity index (χ1n) is 1.96. The third kappa shape index (κ3) is 1.79. The predicted molar refractivity (Wildman–Crippen MR) is 41.1 cm³/mol. The summed E-state index contributed by atoms with van der Waals surface area (Å²) in [5.74, 6) is 0. The zero-order chi connectivity index (χ0) is 5.33. The molecule has 0 atom stereocenters. The number of alkyl halides is 2. The molecule has 0 saturated heterocycles. The van der Waals surface area contributed by atoms with Crippen LogP contribution >= 0.6 is 20.7 Å². The number of hydrogen-bond donors (Lipinski definition) is 0. The normalized spacial score (nSPS) is 29.4. The van der Waals surface area contributed by atoms with Gasteiger partial charge in [-0.2, -0.15) is 0 Å². The zero-order valence-corrected chi connectivity index (χ0v) is 8.80. The van der Waals surface area contributed by atoms with E-state index in [1.165, 1.54) is 0 Å². The topological polar surface area (TPSA) is 0 Å². The van der Waals surface area contributed by atoms with Crippen LogP contribution in [0.3, 0.4) is 0 Å². The van der Waals surface area contributed by atoms with Crippen LogP contribution in [0.4, 0.5) is 0 Å². The van der Waals surface area contributed by atoms with Crippen molar-refractivity contribution in [2.75, 3.05) is 9.86 Å². The molecule has 0 bridgehead atoms. The van der Waals surface area contributed by atoms with Crippen molar-refractivity contribution >= 4 is 22.7 Å². The average Bonchev–Trinajstić information content (AvgIpc) is 1.84. The van der Waals surface area contributed by atoms with Crippen LogP contribution in [0.15, 0.2) is 8.17 Å². The Bertz CT molecular complexity index is 108. The van der Waals surface area contributed by atoms with Gasteiger partial charge in [0.05, 0.1) is 0 Å². The van der Waals surface area contributed by atoms with E-state index in [1.807, 2.05) is 0 Å². The first kappa shape index (κ1) is 6.19. The van der Waals surface area contributed by atoms with Crippen molar-refractivity contribution in [1.29, 1.82) is 0 Å². The molecule has 2 heteroatoms. The van der Waals surface area contributed by atoms with Crippen molar-refractivity contribution in [3.63, 3.8) is 0 Å². The van der Waals surface area contributed by atoms with Crippen molar-refractivity contribution in [3.8, 4) is 0 Å². The molecule has 0 N–H and O–H groups in total. The molecular weight excluding hydrogens is 314 g/mol. The second kappa shape index (κ2) is 2.13. The third-order valence-corrected chi connectivity index (χ3v) is 16.5. The fourth-order valence-corrected chi connectivity index (χ4v) is 14.8. The molecule has 0 fully saturated rings. The maximum absolute atomic E-state index is 2.60. The molecule has 0 unspecified atom stereocenters.